The first-order chi connectivity index (χ1) is 9.08. The second-order valence-corrected chi connectivity index (χ2v) is 4.65. The highest BCUT2D eigenvalue weighted by atomic mass is 35.5. The van der Waals surface area contributed by atoms with E-state index >= 15 is 0 Å². The Morgan fingerprint density at radius 1 is 1.58 bits per heavy atom. The van der Waals surface area contributed by atoms with Gasteiger partial charge >= 0.3 is 5.69 Å². The summed E-state index contributed by atoms with van der Waals surface area (Å²) in [5, 5.41) is 18.8. The van der Waals surface area contributed by atoms with E-state index in [0.717, 1.165) is 0 Å². The Labute approximate surface area is 112 Å². The summed E-state index contributed by atoms with van der Waals surface area (Å²) in [6.45, 7) is -0.277. The van der Waals surface area contributed by atoms with Crippen molar-refractivity contribution in [3.8, 4) is 11.5 Å². The minimum Gasteiger partial charge on any atom is -0.394 e. The van der Waals surface area contributed by atoms with Crippen LogP contribution in [0.1, 0.15) is 12.6 Å². The van der Waals surface area contributed by atoms with Crippen molar-refractivity contribution in [3.05, 3.63) is 22.0 Å². The van der Waals surface area contributed by atoms with E-state index in [0.29, 0.717) is 5.69 Å². The molecule has 3 heterocycles. The largest absolute Gasteiger partial charge is 0.394 e. The number of ether oxygens (including phenoxy) is 1. The van der Waals surface area contributed by atoms with Crippen molar-refractivity contribution in [2.45, 2.75) is 24.9 Å². The Hall–Kier alpha value is -1.48. The molecule has 1 fully saturated rings. The number of nitrogens with zero attached hydrogens (tertiary/aromatic N) is 3. The molecular formula is C10H11ClN4O4. The summed E-state index contributed by atoms with van der Waals surface area (Å²) in [5.41, 5.74) is -0.0723. The van der Waals surface area contributed by atoms with Gasteiger partial charge in [0, 0.05) is 12.6 Å². The monoisotopic (exact) mass is 286 g/mol. The summed E-state index contributed by atoms with van der Waals surface area (Å²) < 4.78 is 6.96. The first-order valence-corrected chi connectivity index (χ1v) is 6.05. The first-order valence-electron chi connectivity index (χ1n) is 5.67. The predicted molar refractivity (Wildman–Crippen MR) is 63.9 cm³/mol. The summed E-state index contributed by atoms with van der Waals surface area (Å²) in [6, 6.07) is 0. The molecule has 0 spiro atoms. The highest BCUT2D eigenvalue weighted by Gasteiger charge is 2.35. The van der Waals surface area contributed by atoms with Crippen LogP contribution in [0.5, 0.6) is 0 Å². The highest BCUT2D eigenvalue weighted by molar-refractivity contribution is 6.28. The molecule has 0 aliphatic carbocycles. The fourth-order valence-corrected chi connectivity index (χ4v) is 2.36. The van der Waals surface area contributed by atoms with Gasteiger partial charge in [0.1, 0.15) is 18.0 Å². The van der Waals surface area contributed by atoms with Crippen molar-refractivity contribution in [2.24, 2.45) is 0 Å². The van der Waals surface area contributed by atoms with E-state index in [-0.39, 0.29) is 24.1 Å². The van der Waals surface area contributed by atoms with Crippen LogP contribution in [0, 0.1) is 0 Å². The van der Waals surface area contributed by atoms with Crippen molar-refractivity contribution in [1.82, 2.24) is 19.5 Å². The molecule has 3 rings (SSSR count). The molecule has 0 bridgehead atoms. The van der Waals surface area contributed by atoms with Crippen LogP contribution in [-0.2, 0) is 4.74 Å². The van der Waals surface area contributed by atoms with Crippen LogP contribution < -0.4 is 5.69 Å². The molecular weight excluding hydrogens is 276 g/mol. The molecule has 3 aliphatic heterocycles. The fourth-order valence-electron chi connectivity index (χ4n) is 2.12. The zero-order chi connectivity index (χ0) is 13.6. The molecule has 0 saturated carbocycles. The summed E-state index contributed by atoms with van der Waals surface area (Å²) in [4.78, 5) is 21.2. The minimum atomic E-state index is -0.772. The normalized spacial score (nSPS) is 27.2. The van der Waals surface area contributed by atoms with Gasteiger partial charge in [-0.2, -0.15) is 9.97 Å². The molecule has 1 saturated heterocycles. The average Bonchev–Trinajstić information content (AvgIpc) is 2.89. The number of hydrogen-bond donors (Lipinski definition) is 3. The summed E-state index contributed by atoms with van der Waals surface area (Å²) in [6.07, 6.45) is -0.139. The molecule has 1 unspecified atom stereocenters. The van der Waals surface area contributed by atoms with E-state index in [9.17, 15) is 9.90 Å². The molecule has 9 heteroatoms. The molecule has 0 aromatic rings. The molecule has 0 aromatic carbocycles. The van der Waals surface area contributed by atoms with Crippen molar-refractivity contribution in [2.75, 3.05) is 6.61 Å². The Balaban J connectivity index is 1.99. The topological polar surface area (TPSA) is 113 Å². The van der Waals surface area contributed by atoms with E-state index in [4.69, 9.17) is 21.4 Å². The van der Waals surface area contributed by atoms with E-state index in [2.05, 4.69) is 15.0 Å². The lowest BCUT2D eigenvalue weighted by atomic mass is 10.2. The molecule has 3 atom stereocenters. The number of hydrogen-bond acceptors (Lipinski definition) is 6. The maximum Gasteiger partial charge on any atom is 0.347 e. The van der Waals surface area contributed by atoms with Crippen molar-refractivity contribution in [1.29, 1.82) is 0 Å². The van der Waals surface area contributed by atoms with Gasteiger partial charge in [0.05, 0.1) is 12.7 Å². The van der Waals surface area contributed by atoms with E-state index < -0.39 is 24.1 Å². The van der Waals surface area contributed by atoms with Gasteiger partial charge in [0.15, 0.2) is 5.82 Å². The number of H-pyrrole nitrogens is 1. The zero-order valence-corrected chi connectivity index (χ0v) is 10.4. The number of aromatic nitrogens is 4. The Morgan fingerprint density at radius 2 is 2.37 bits per heavy atom. The van der Waals surface area contributed by atoms with Crippen LogP contribution in [0.3, 0.4) is 0 Å². The number of aliphatic hydroxyl groups excluding tert-OH is 2. The number of aliphatic hydroxyl groups is 2. The van der Waals surface area contributed by atoms with Crippen LogP contribution in [0.4, 0.5) is 0 Å². The Bertz CT molecular complexity index is 627. The fraction of sp³-hybridized carbons (Fsp3) is 0.500. The number of imidazole rings is 1. The van der Waals surface area contributed by atoms with Crippen molar-refractivity contribution in [3.63, 3.8) is 0 Å². The van der Waals surface area contributed by atoms with Crippen molar-refractivity contribution < 1.29 is 14.9 Å². The molecule has 3 N–H and O–H groups in total. The number of fused-ring (bicyclic) bond motifs is 1. The lowest BCUT2D eigenvalue weighted by molar-refractivity contribution is -0.0446. The van der Waals surface area contributed by atoms with Gasteiger partial charge < -0.3 is 19.9 Å². The van der Waals surface area contributed by atoms with E-state index in [1.807, 2.05) is 0 Å². The first kappa shape index (κ1) is 12.5. The van der Waals surface area contributed by atoms with Gasteiger partial charge in [-0.15, -0.1) is 0 Å². The van der Waals surface area contributed by atoms with E-state index in [1.165, 1.54) is 4.57 Å². The number of nitrogens with one attached hydrogen (secondary N) is 1. The van der Waals surface area contributed by atoms with Gasteiger partial charge in [0.2, 0.25) is 5.28 Å². The lowest BCUT2D eigenvalue weighted by Crippen LogP contribution is -2.24. The maximum atomic E-state index is 11.1. The maximum absolute atomic E-state index is 11.1. The van der Waals surface area contributed by atoms with Crippen LogP contribution >= 0.6 is 11.6 Å². The highest BCUT2D eigenvalue weighted by Crippen LogP contribution is 2.31. The van der Waals surface area contributed by atoms with Gasteiger partial charge in [-0.25, -0.2) is 4.79 Å². The molecule has 3 aliphatic rings. The smallest absolute Gasteiger partial charge is 0.347 e. The third-order valence-electron chi connectivity index (χ3n) is 3.06. The molecule has 0 amide bonds. The Morgan fingerprint density at radius 3 is 3.05 bits per heavy atom. The quantitative estimate of drug-likeness (QED) is 0.633. The molecule has 19 heavy (non-hydrogen) atoms. The van der Waals surface area contributed by atoms with Crippen LogP contribution in [0.15, 0.2) is 11.0 Å². The molecule has 0 aromatic heterocycles. The van der Waals surface area contributed by atoms with Crippen molar-refractivity contribution >= 4 is 11.6 Å². The summed E-state index contributed by atoms with van der Waals surface area (Å²) >= 11 is 6.00. The predicted octanol–water partition coefficient (Wildman–Crippen LogP) is -0.635. The number of rotatable bonds is 2. The molecule has 8 nitrogen and oxygen atoms in total. The zero-order valence-electron chi connectivity index (χ0n) is 9.65. The minimum absolute atomic E-state index is 0.0924. The van der Waals surface area contributed by atoms with Crippen LogP contribution in [0.25, 0.3) is 11.5 Å². The summed E-state index contributed by atoms with van der Waals surface area (Å²) in [5.74, 6) is 0.225. The third-order valence-corrected chi connectivity index (χ3v) is 3.34. The average molecular weight is 287 g/mol. The SMILES string of the molecule is O=c1nc2nc(Cl)n(C3C[C@H](O)[C@@H](CO)O3)cc-2[nH]1. The second kappa shape index (κ2) is 4.57. The van der Waals surface area contributed by atoms with E-state index in [1.54, 1.807) is 6.20 Å². The second-order valence-electron chi connectivity index (χ2n) is 4.31. The third kappa shape index (κ3) is 2.12. The van der Waals surface area contributed by atoms with Gasteiger partial charge in [-0.05, 0) is 11.6 Å². The Kier molecular flexibility index (Phi) is 3.02. The summed E-state index contributed by atoms with van der Waals surface area (Å²) in [7, 11) is 0. The molecule has 0 radical (unpaired) electrons. The number of aromatic amines is 1. The van der Waals surface area contributed by atoms with Crippen LogP contribution in [-0.4, -0.2) is 48.5 Å². The number of halogens is 1. The van der Waals surface area contributed by atoms with Gasteiger partial charge in [-0.3, -0.25) is 4.57 Å². The van der Waals surface area contributed by atoms with Gasteiger partial charge in [0.25, 0.3) is 0 Å². The molecule has 102 valence electrons. The standard InChI is InChI=1S/C10H11ClN4O4/c11-9-13-8-4(12-10(18)14-8)2-15(9)7-1-5(17)6(3-16)19-7/h2,5-7,16-17H,1,3H2,(H,12,18)/t5-,6+,7?/m0/s1. The van der Waals surface area contributed by atoms with Gasteiger partial charge in [-0.1, -0.05) is 0 Å². The van der Waals surface area contributed by atoms with Crippen LogP contribution in [0.2, 0.25) is 5.28 Å². The lowest BCUT2D eigenvalue weighted by Gasteiger charge is -2.17.